The van der Waals surface area contributed by atoms with Crippen LogP contribution in [0.5, 0.6) is 0 Å². The molecular formula is C20H21IN2O3S. The van der Waals surface area contributed by atoms with Gasteiger partial charge in [-0.1, -0.05) is 12.1 Å². The molecule has 27 heavy (non-hydrogen) atoms. The molecule has 0 atom stereocenters. The van der Waals surface area contributed by atoms with Gasteiger partial charge in [-0.2, -0.15) is 0 Å². The molecule has 2 amide bonds. The van der Waals surface area contributed by atoms with Gasteiger partial charge in [-0.15, -0.1) is 0 Å². The topological polar surface area (TPSA) is 51.5 Å². The van der Waals surface area contributed by atoms with Crippen molar-refractivity contribution in [3.8, 4) is 0 Å². The molecule has 0 bridgehead atoms. The van der Waals surface area contributed by atoms with Gasteiger partial charge < -0.3 is 9.30 Å². The number of hydrogen-bond acceptors (Lipinski definition) is 4. The first-order chi connectivity index (χ1) is 12.9. The molecule has 1 aromatic heterocycles. The molecule has 0 N–H and O–H groups in total. The second-order valence-corrected chi connectivity index (χ2v) is 8.60. The first-order valence-electron chi connectivity index (χ1n) is 8.56. The molecule has 142 valence electrons. The summed E-state index contributed by atoms with van der Waals surface area (Å²) in [4.78, 5) is 26.9. The number of aromatic nitrogens is 1. The third kappa shape index (κ3) is 4.47. The van der Waals surface area contributed by atoms with Gasteiger partial charge in [-0.05, 0) is 83.6 Å². The highest BCUT2D eigenvalue weighted by atomic mass is 127. The number of amides is 2. The van der Waals surface area contributed by atoms with Crippen LogP contribution in [-0.2, 0) is 22.6 Å². The summed E-state index contributed by atoms with van der Waals surface area (Å²) in [5.74, 6) is -0.231. The van der Waals surface area contributed by atoms with Crippen molar-refractivity contribution >= 4 is 51.6 Å². The summed E-state index contributed by atoms with van der Waals surface area (Å²) in [7, 11) is 1.68. The average Bonchev–Trinajstić information content (AvgIpc) is 3.05. The maximum atomic E-state index is 12.8. The summed E-state index contributed by atoms with van der Waals surface area (Å²) < 4.78 is 8.44. The summed E-state index contributed by atoms with van der Waals surface area (Å²) in [6.45, 7) is 5.73. The zero-order valence-corrected chi connectivity index (χ0v) is 18.5. The highest BCUT2D eigenvalue weighted by molar-refractivity contribution is 14.1. The lowest BCUT2D eigenvalue weighted by atomic mass is 10.2. The van der Waals surface area contributed by atoms with E-state index in [1.807, 2.05) is 50.3 Å². The summed E-state index contributed by atoms with van der Waals surface area (Å²) in [6.07, 6.45) is 1.82. The Labute approximate surface area is 176 Å². The minimum absolute atomic E-state index is 0.224. The highest BCUT2D eigenvalue weighted by Gasteiger charge is 2.35. The fourth-order valence-corrected chi connectivity index (χ4v) is 4.24. The number of nitrogens with zero attached hydrogens (tertiary/aromatic N) is 2. The van der Waals surface area contributed by atoms with Crippen LogP contribution in [0.3, 0.4) is 0 Å². The number of halogens is 1. The zero-order chi connectivity index (χ0) is 19.6. The van der Waals surface area contributed by atoms with E-state index in [-0.39, 0.29) is 11.1 Å². The second kappa shape index (κ2) is 8.62. The normalized spacial score (nSPS) is 16.0. The van der Waals surface area contributed by atoms with Crippen molar-refractivity contribution in [1.82, 2.24) is 9.47 Å². The van der Waals surface area contributed by atoms with Crippen LogP contribution in [-0.4, -0.2) is 34.3 Å². The largest absolute Gasteiger partial charge is 0.383 e. The number of methoxy groups -OCH3 is 1. The second-order valence-electron chi connectivity index (χ2n) is 6.37. The third-order valence-corrected chi connectivity index (χ3v) is 6.17. The Morgan fingerprint density at radius 2 is 1.89 bits per heavy atom. The SMILES string of the molecule is COCCn1c(C)cc(/C=C2\SC(=O)N(Cc3ccc(I)cc3)C2=O)c1C. The Kier molecular flexibility index (Phi) is 6.44. The van der Waals surface area contributed by atoms with Crippen molar-refractivity contribution in [3.05, 3.63) is 61.3 Å². The highest BCUT2D eigenvalue weighted by Crippen LogP contribution is 2.34. The van der Waals surface area contributed by atoms with Crippen LogP contribution in [0.15, 0.2) is 35.2 Å². The van der Waals surface area contributed by atoms with Crippen LogP contribution in [0.4, 0.5) is 4.79 Å². The van der Waals surface area contributed by atoms with E-state index in [2.05, 4.69) is 27.2 Å². The molecule has 1 saturated heterocycles. The van der Waals surface area contributed by atoms with Crippen molar-refractivity contribution in [2.24, 2.45) is 0 Å². The predicted molar refractivity (Wildman–Crippen MR) is 116 cm³/mol. The predicted octanol–water partition coefficient (Wildman–Crippen LogP) is 4.59. The van der Waals surface area contributed by atoms with E-state index < -0.39 is 0 Å². The minimum atomic E-state index is -0.231. The standard InChI is InChI=1S/C20H21IN2O3S/c1-13-10-16(14(2)22(13)8-9-26-3)11-18-19(24)23(20(25)27-18)12-15-4-6-17(21)7-5-15/h4-7,10-11H,8-9,12H2,1-3H3/b18-11-. The molecule has 5 nitrogen and oxygen atoms in total. The molecule has 0 unspecified atom stereocenters. The Bertz CT molecular complexity index is 903. The molecule has 3 rings (SSSR count). The number of hydrogen-bond donors (Lipinski definition) is 0. The monoisotopic (exact) mass is 496 g/mol. The molecule has 1 fully saturated rings. The molecule has 2 heterocycles. The number of carbonyl (C=O) groups excluding carboxylic acids is 2. The van der Waals surface area contributed by atoms with E-state index in [0.29, 0.717) is 18.1 Å². The molecular weight excluding hydrogens is 475 g/mol. The lowest BCUT2D eigenvalue weighted by molar-refractivity contribution is -0.123. The maximum absolute atomic E-state index is 12.8. The number of imide groups is 1. The molecule has 0 spiro atoms. The van der Waals surface area contributed by atoms with Crippen molar-refractivity contribution in [2.75, 3.05) is 13.7 Å². The molecule has 0 saturated carbocycles. The van der Waals surface area contributed by atoms with E-state index in [0.717, 1.165) is 44.4 Å². The lowest BCUT2D eigenvalue weighted by Gasteiger charge is -2.12. The fourth-order valence-electron chi connectivity index (χ4n) is 3.05. The summed E-state index contributed by atoms with van der Waals surface area (Å²) in [6, 6.07) is 9.87. The van der Waals surface area contributed by atoms with Gasteiger partial charge in [0.15, 0.2) is 0 Å². The van der Waals surface area contributed by atoms with Gasteiger partial charge in [-0.3, -0.25) is 14.5 Å². The maximum Gasteiger partial charge on any atom is 0.293 e. The van der Waals surface area contributed by atoms with E-state index in [1.165, 1.54) is 4.90 Å². The average molecular weight is 496 g/mol. The van der Waals surface area contributed by atoms with Crippen molar-refractivity contribution < 1.29 is 14.3 Å². The van der Waals surface area contributed by atoms with Crippen LogP contribution < -0.4 is 0 Å². The number of rotatable bonds is 6. The van der Waals surface area contributed by atoms with Gasteiger partial charge in [0, 0.05) is 28.6 Å². The molecule has 1 aliphatic rings. The Balaban J connectivity index is 1.81. The molecule has 2 aromatic rings. The Morgan fingerprint density at radius 3 is 2.56 bits per heavy atom. The Morgan fingerprint density at radius 1 is 1.19 bits per heavy atom. The first kappa shape index (κ1) is 20.2. The van der Waals surface area contributed by atoms with Gasteiger partial charge in [0.2, 0.25) is 0 Å². The van der Waals surface area contributed by atoms with Gasteiger partial charge in [0.1, 0.15) is 0 Å². The lowest BCUT2D eigenvalue weighted by Crippen LogP contribution is -2.27. The van der Waals surface area contributed by atoms with Crippen LogP contribution in [0, 0.1) is 17.4 Å². The van der Waals surface area contributed by atoms with E-state index in [9.17, 15) is 9.59 Å². The summed E-state index contributed by atoms with van der Waals surface area (Å²) in [5, 5.41) is -0.224. The summed E-state index contributed by atoms with van der Waals surface area (Å²) in [5.41, 5.74) is 4.07. The van der Waals surface area contributed by atoms with Gasteiger partial charge in [0.25, 0.3) is 11.1 Å². The fraction of sp³-hybridized carbons (Fsp3) is 0.300. The van der Waals surface area contributed by atoms with E-state index >= 15 is 0 Å². The van der Waals surface area contributed by atoms with Crippen LogP contribution in [0.2, 0.25) is 0 Å². The minimum Gasteiger partial charge on any atom is -0.383 e. The number of aryl methyl sites for hydroxylation is 1. The van der Waals surface area contributed by atoms with Crippen molar-refractivity contribution in [3.63, 3.8) is 0 Å². The smallest absolute Gasteiger partial charge is 0.293 e. The zero-order valence-electron chi connectivity index (χ0n) is 15.5. The quantitative estimate of drug-likeness (QED) is 0.434. The molecule has 0 radical (unpaired) electrons. The van der Waals surface area contributed by atoms with Crippen LogP contribution in [0.1, 0.15) is 22.5 Å². The van der Waals surface area contributed by atoms with Crippen molar-refractivity contribution in [2.45, 2.75) is 26.9 Å². The van der Waals surface area contributed by atoms with Crippen LogP contribution >= 0.6 is 34.4 Å². The Hall–Kier alpha value is -1.58. The molecule has 1 aromatic carbocycles. The van der Waals surface area contributed by atoms with E-state index in [1.54, 1.807) is 7.11 Å². The van der Waals surface area contributed by atoms with Gasteiger partial charge in [-0.25, -0.2) is 0 Å². The first-order valence-corrected chi connectivity index (χ1v) is 10.5. The number of carbonyl (C=O) groups is 2. The third-order valence-electron chi connectivity index (χ3n) is 4.55. The number of thioether (sulfide) groups is 1. The van der Waals surface area contributed by atoms with Gasteiger partial charge in [0.05, 0.1) is 18.1 Å². The van der Waals surface area contributed by atoms with Crippen molar-refractivity contribution in [1.29, 1.82) is 0 Å². The molecule has 7 heteroatoms. The number of benzene rings is 1. The van der Waals surface area contributed by atoms with Crippen LogP contribution in [0.25, 0.3) is 6.08 Å². The summed E-state index contributed by atoms with van der Waals surface area (Å²) >= 11 is 3.23. The molecule has 1 aliphatic heterocycles. The van der Waals surface area contributed by atoms with E-state index in [4.69, 9.17) is 4.74 Å². The molecule has 0 aliphatic carbocycles. The van der Waals surface area contributed by atoms with Gasteiger partial charge >= 0.3 is 0 Å². The number of ether oxygens (including phenoxy) is 1.